The predicted molar refractivity (Wildman–Crippen MR) is 75.9 cm³/mol. The number of amides is 1. The molecular weight excluding hydrogens is 260 g/mol. The molecule has 0 aromatic heterocycles. The van der Waals surface area contributed by atoms with Gasteiger partial charge in [-0.25, -0.2) is 0 Å². The van der Waals surface area contributed by atoms with Crippen molar-refractivity contribution in [3.8, 4) is 11.5 Å². The number of nitrogens with two attached hydrogens (primary N) is 1. The second kappa shape index (κ2) is 9.17. The molecule has 112 valence electrons. The van der Waals surface area contributed by atoms with E-state index in [1.807, 2.05) is 19.1 Å². The second-order valence-corrected chi connectivity index (χ2v) is 4.05. The Balaban J connectivity index is 2.55. The number of methoxy groups -OCH3 is 1. The van der Waals surface area contributed by atoms with Crippen molar-refractivity contribution in [2.24, 2.45) is 5.73 Å². The van der Waals surface area contributed by atoms with Gasteiger partial charge >= 0.3 is 0 Å². The highest BCUT2D eigenvalue weighted by Crippen LogP contribution is 2.28. The fourth-order valence-electron chi connectivity index (χ4n) is 1.55. The molecule has 1 amide bonds. The van der Waals surface area contributed by atoms with Gasteiger partial charge < -0.3 is 25.3 Å². The van der Waals surface area contributed by atoms with E-state index in [9.17, 15) is 4.79 Å². The van der Waals surface area contributed by atoms with E-state index in [0.717, 1.165) is 5.56 Å². The maximum Gasteiger partial charge on any atom is 0.258 e. The number of carbonyl (C=O) groups is 1. The van der Waals surface area contributed by atoms with E-state index in [1.54, 1.807) is 13.2 Å². The zero-order chi connectivity index (χ0) is 14.8. The van der Waals surface area contributed by atoms with Crippen LogP contribution in [0.5, 0.6) is 11.5 Å². The Labute approximate surface area is 119 Å². The molecule has 0 aliphatic heterocycles. The molecule has 6 heteroatoms. The Bertz CT molecular complexity index is 424. The third kappa shape index (κ3) is 5.46. The number of benzene rings is 1. The summed E-state index contributed by atoms with van der Waals surface area (Å²) in [5.74, 6) is 0.929. The minimum Gasteiger partial charge on any atom is -0.490 e. The maximum atomic E-state index is 11.5. The Morgan fingerprint density at radius 1 is 1.30 bits per heavy atom. The van der Waals surface area contributed by atoms with E-state index in [2.05, 4.69) is 5.32 Å². The SMILES string of the molecule is CCOc1cc(CN)ccc1OCC(=O)NCCOC. The van der Waals surface area contributed by atoms with Crippen molar-refractivity contribution in [2.75, 3.05) is 33.5 Å². The van der Waals surface area contributed by atoms with Crippen molar-refractivity contribution in [3.05, 3.63) is 23.8 Å². The molecule has 1 aromatic carbocycles. The lowest BCUT2D eigenvalue weighted by Gasteiger charge is -2.13. The molecule has 0 heterocycles. The van der Waals surface area contributed by atoms with Gasteiger partial charge in [-0.15, -0.1) is 0 Å². The molecule has 0 saturated carbocycles. The highest BCUT2D eigenvalue weighted by atomic mass is 16.5. The lowest BCUT2D eigenvalue weighted by Crippen LogP contribution is -2.31. The minimum absolute atomic E-state index is 0.0637. The van der Waals surface area contributed by atoms with Crippen molar-refractivity contribution < 1.29 is 19.0 Å². The molecule has 1 rings (SSSR count). The highest BCUT2D eigenvalue weighted by Gasteiger charge is 2.08. The summed E-state index contributed by atoms with van der Waals surface area (Å²) in [6.45, 7) is 3.70. The van der Waals surface area contributed by atoms with E-state index in [4.69, 9.17) is 19.9 Å². The monoisotopic (exact) mass is 282 g/mol. The van der Waals surface area contributed by atoms with Crippen LogP contribution in [0.2, 0.25) is 0 Å². The number of carbonyl (C=O) groups excluding carboxylic acids is 1. The molecular formula is C14H22N2O4. The van der Waals surface area contributed by atoms with Gasteiger partial charge in [0.1, 0.15) is 0 Å². The van der Waals surface area contributed by atoms with Crippen LogP contribution in [0.4, 0.5) is 0 Å². The minimum atomic E-state index is -0.201. The van der Waals surface area contributed by atoms with Crippen molar-refractivity contribution in [2.45, 2.75) is 13.5 Å². The summed E-state index contributed by atoms with van der Waals surface area (Å²) in [6.07, 6.45) is 0. The number of nitrogens with one attached hydrogen (secondary N) is 1. The van der Waals surface area contributed by atoms with E-state index in [1.165, 1.54) is 0 Å². The average Bonchev–Trinajstić information content (AvgIpc) is 2.46. The molecule has 0 aliphatic carbocycles. The summed E-state index contributed by atoms with van der Waals surface area (Å²) in [5, 5.41) is 2.68. The smallest absolute Gasteiger partial charge is 0.258 e. The molecule has 3 N–H and O–H groups in total. The molecule has 6 nitrogen and oxygen atoms in total. The summed E-state index contributed by atoms with van der Waals surface area (Å²) in [4.78, 5) is 11.5. The lowest BCUT2D eigenvalue weighted by atomic mass is 10.2. The Morgan fingerprint density at radius 3 is 2.75 bits per heavy atom. The third-order valence-corrected chi connectivity index (χ3v) is 2.53. The molecule has 0 radical (unpaired) electrons. The second-order valence-electron chi connectivity index (χ2n) is 4.05. The van der Waals surface area contributed by atoms with Crippen LogP contribution in [0.3, 0.4) is 0 Å². The summed E-state index contributed by atoms with van der Waals surface area (Å²) in [7, 11) is 1.58. The molecule has 0 fully saturated rings. The first kappa shape index (κ1) is 16.3. The molecule has 0 spiro atoms. The molecule has 20 heavy (non-hydrogen) atoms. The molecule has 0 unspecified atom stereocenters. The predicted octanol–water partition coefficient (Wildman–Crippen LogP) is 0.685. The average molecular weight is 282 g/mol. The van der Waals surface area contributed by atoms with E-state index >= 15 is 0 Å². The molecule has 0 saturated heterocycles. The number of hydrogen-bond acceptors (Lipinski definition) is 5. The van der Waals surface area contributed by atoms with Crippen LogP contribution in [0.1, 0.15) is 12.5 Å². The standard InChI is InChI=1S/C14H22N2O4/c1-3-19-13-8-11(9-15)4-5-12(13)20-10-14(17)16-6-7-18-2/h4-5,8H,3,6-7,9-10,15H2,1-2H3,(H,16,17). The van der Waals surface area contributed by atoms with E-state index in [0.29, 0.717) is 37.8 Å². The number of hydrogen-bond donors (Lipinski definition) is 2. The first-order valence-corrected chi connectivity index (χ1v) is 6.55. The lowest BCUT2D eigenvalue weighted by molar-refractivity contribution is -0.123. The molecule has 0 aliphatic rings. The van der Waals surface area contributed by atoms with Crippen LogP contribution in [0, 0.1) is 0 Å². The normalized spacial score (nSPS) is 10.2. The van der Waals surface area contributed by atoms with Crippen LogP contribution < -0.4 is 20.5 Å². The van der Waals surface area contributed by atoms with Crippen molar-refractivity contribution in [3.63, 3.8) is 0 Å². The number of ether oxygens (including phenoxy) is 3. The Hall–Kier alpha value is -1.79. The Kier molecular flexibility index (Phi) is 7.46. The first-order chi connectivity index (χ1) is 9.71. The Morgan fingerprint density at radius 2 is 2.10 bits per heavy atom. The van der Waals surface area contributed by atoms with Gasteiger partial charge in [-0.3, -0.25) is 4.79 Å². The van der Waals surface area contributed by atoms with Gasteiger partial charge in [0.05, 0.1) is 13.2 Å². The van der Waals surface area contributed by atoms with Crippen LogP contribution >= 0.6 is 0 Å². The van der Waals surface area contributed by atoms with E-state index in [-0.39, 0.29) is 12.5 Å². The molecule has 1 aromatic rings. The highest BCUT2D eigenvalue weighted by molar-refractivity contribution is 5.77. The van der Waals surface area contributed by atoms with Gasteiger partial charge in [0.2, 0.25) is 0 Å². The van der Waals surface area contributed by atoms with Gasteiger partial charge in [0.25, 0.3) is 5.91 Å². The van der Waals surface area contributed by atoms with Crippen molar-refractivity contribution in [1.29, 1.82) is 0 Å². The zero-order valence-corrected chi connectivity index (χ0v) is 12.0. The summed E-state index contributed by atoms with van der Waals surface area (Å²) in [5.41, 5.74) is 6.53. The van der Waals surface area contributed by atoms with Crippen LogP contribution in [0.25, 0.3) is 0 Å². The van der Waals surface area contributed by atoms with Gasteiger partial charge in [-0.05, 0) is 24.6 Å². The zero-order valence-electron chi connectivity index (χ0n) is 12.0. The quantitative estimate of drug-likeness (QED) is 0.651. The summed E-state index contributed by atoms with van der Waals surface area (Å²) in [6, 6.07) is 5.43. The maximum absolute atomic E-state index is 11.5. The summed E-state index contributed by atoms with van der Waals surface area (Å²) >= 11 is 0. The fraction of sp³-hybridized carbons (Fsp3) is 0.500. The van der Waals surface area contributed by atoms with E-state index < -0.39 is 0 Å². The van der Waals surface area contributed by atoms with Gasteiger partial charge in [-0.1, -0.05) is 6.07 Å². The summed E-state index contributed by atoms with van der Waals surface area (Å²) < 4.78 is 15.8. The van der Waals surface area contributed by atoms with Crippen LogP contribution in [0.15, 0.2) is 18.2 Å². The van der Waals surface area contributed by atoms with Gasteiger partial charge in [0.15, 0.2) is 18.1 Å². The topological polar surface area (TPSA) is 82.8 Å². The van der Waals surface area contributed by atoms with Crippen molar-refractivity contribution in [1.82, 2.24) is 5.32 Å². The van der Waals surface area contributed by atoms with Crippen LogP contribution in [-0.4, -0.2) is 39.4 Å². The largest absolute Gasteiger partial charge is 0.490 e. The van der Waals surface area contributed by atoms with Crippen molar-refractivity contribution >= 4 is 5.91 Å². The van der Waals surface area contributed by atoms with Crippen LogP contribution in [-0.2, 0) is 16.1 Å². The first-order valence-electron chi connectivity index (χ1n) is 6.55. The third-order valence-electron chi connectivity index (χ3n) is 2.53. The van der Waals surface area contributed by atoms with Gasteiger partial charge in [0, 0.05) is 20.2 Å². The fourth-order valence-corrected chi connectivity index (χ4v) is 1.55. The molecule has 0 bridgehead atoms. The van der Waals surface area contributed by atoms with Gasteiger partial charge in [-0.2, -0.15) is 0 Å². The molecule has 0 atom stereocenters. The number of rotatable bonds is 9.